The highest BCUT2D eigenvalue weighted by atomic mass is 32.1. The van der Waals surface area contributed by atoms with Crippen molar-refractivity contribution in [1.29, 1.82) is 0 Å². The maximum absolute atomic E-state index is 13.0. The van der Waals surface area contributed by atoms with Crippen LogP contribution in [0.5, 0.6) is 0 Å². The molecule has 0 saturated heterocycles. The molecule has 31 heavy (non-hydrogen) atoms. The summed E-state index contributed by atoms with van der Waals surface area (Å²) in [6.07, 6.45) is -4.52. The Hall–Kier alpha value is -2.97. The van der Waals surface area contributed by atoms with Crippen molar-refractivity contribution in [3.05, 3.63) is 76.6 Å². The molecule has 0 radical (unpaired) electrons. The highest BCUT2D eigenvalue weighted by Crippen LogP contribution is 2.30. The van der Waals surface area contributed by atoms with E-state index in [4.69, 9.17) is 4.74 Å². The zero-order chi connectivity index (χ0) is 22.0. The third-order valence-electron chi connectivity index (χ3n) is 4.87. The summed E-state index contributed by atoms with van der Waals surface area (Å²) in [7, 11) is 0. The number of amides is 1. The number of hydrogen-bond donors (Lipinski definition) is 0. The molecule has 0 atom stereocenters. The minimum absolute atomic E-state index is 0.103. The van der Waals surface area contributed by atoms with Gasteiger partial charge in [-0.2, -0.15) is 18.2 Å². The zero-order valence-corrected chi connectivity index (χ0v) is 17.5. The number of benzene rings is 3. The molecule has 4 rings (SSSR count). The van der Waals surface area contributed by atoms with Gasteiger partial charge in [-0.25, -0.2) is 0 Å². The van der Waals surface area contributed by atoms with Crippen LogP contribution >= 0.6 is 11.3 Å². The maximum Gasteiger partial charge on any atom is 0.416 e. The van der Waals surface area contributed by atoms with E-state index in [1.54, 1.807) is 0 Å². The lowest BCUT2D eigenvalue weighted by molar-refractivity contribution is -0.137. The van der Waals surface area contributed by atoms with E-state index in [1.165, 1.54) is 23.5 Å². The lowest BCUT2D eigenvalue weighted by atomic mass is 10.1. The molecule has 160 valence electrons. The first-order chi connectivity index (χ1) is 14.9. The van der Waals surface area contributed by atoms with E-state index in [1.807, 2.05) is 47.9 Å². The number of carbonyl (C=O) groups is 1. The molecule has 1 aromatic heterocycles. The summed E-state index contributed by atoms with van der Waals surface area (Å²) in [6, 6.07) is 16.2. The summed E-state index contributed by atoms with van der Waals surface area (Å²) in [5.41, 5.74) is -0.0763. The zero-order valence-electron chi connectivity index (χ0n) is 16.6. The van der Waals surface area contributed by atoms with Crippen LogP contribution in [0.25, 0.3) is 21.0 Å². The summed E-state index contributed by atoms with van der Waals surface area (Å²) in [4.78, 5) is 17.4. The summed E-state index contributed by atoms with van der Waals surface area (Å²) in [6.45, 7) is 3.36. The molecule has 1 amide bonds. The van der Waals surface area contributed by atoms with Crippen molar-refractivity contribution in [1.82, 2.24) is 4.57 Å². The number of ether oxygens (including phenoxy) is 1. The molecule has 0 bridgehead atoms. The molecule has 0 fully saturated rings. The van der Waals surface area contributed by atoms with Gasteiger partial charge in [0.15, 0.2) is 4.80 Å². The number of halogens is 3. The topological polar surface area (TPSA) is 43.6 Å². The van der Waals surface area contributed by atoms with Gasteiger partial charge in [-0.3, -0.25) is 4.79 Å². The first kappa shape index (κ1) is 21.3. The van der Waals surface area contributed by atoms with Gasteiger partial charge in [-0.15, -0.1) is 0 Å². The largest absolute Gasteiger partial charge is 0.416 e. The summed E-state index contributed by atoms with van der Waals surface area (Å²) in [5, 5.41) is 2.09. The highest BCUT2D eigenvalue weighted by Gasteiger charge is 2.30. The number of thiazole rings is 1. The van der Waals surface area contributed by atoms with Gasteiger partial charge in [-0.05, 0) is 36.6 Å². The maximum atomic E-state index is 13.0. The molecule has 4 nitrogen and oxygen atoms in total. The fourth-order valence-electron chi connectivity index (χ4n) is 3.38. The van der Waals surface area contributed by atoms with Gasteiger partial charge in [0.25, 0.3) is 5.91 Å². The number of rotatable bonds is 5. The summed E-state index contributed by atoms with van der Waals surface area (Å²) in [5.74, 6) is -0.716. The Morgan fingerprint density at radius 1 is 1.10 bits per heavy atom. The van der Waals surface area contributed by atoms with Gasteiger partial charge in [0, 0.05) is 24.1 Å². The average molecular weight is 444 g/mol. The Labute approximate surface area is 180 Å². The Bertz CT molecular complexity index is 1320. The van der Waals surface area contributed by atoms with E-state index in [0.717, 1.165) is 33.1 Å². The van der Waals surface area contributed by atoms with Crippen molar-refractivity contribution in [2.24, 2.45) is 4.99 Å². The van der Waals surface area contributed by atoms with Crippen LogP contribution in [-0.4, -0.2) is 23.7 Å². The lowest BCUT2D eigenvalue weighted by Crippen LogP contribution is -2.20. The van der Waals surface area contributed by atoms with Crippen LogP contribution < -0.4 is 4.80 Å². The Morgan fingerprint density at radius 2 is 1.90 bits per heavy atom. The molecule has 0 spiro atoms. The minimum Gasteiger partial charge on any atom is -0.380 e. The van der Waals surface area contributed by atoms with Gasteiger partial charge < -0.3 is 9.30 Å². The van der Waals surface area contributed by atoms with Crippen molar-refractivity contribution >= 4 is 38.2 Å². The Balaban J connectivity index is 1.85. The van der Waals surface area contributed by atoms with Gasteiger partial charge >= 0.3 is 6.18 Å². The molecular weight excluding hydrogens is 425 g/mol. The van der Waals surface area contributed by atoms with Gasteiger partial charge in [0.1, 0.15) is 0 Å². The number of hydrogen-bond acceptors (Lipinski definition) is 3. The SMILES string of the molecule is CCOCCn1c(=NC(=O)c2cccc(C(F)(F)F)c2)sc2c3ccccc3ccc21. The molecule has 0 unspecified atom stereocenters. The Kier molecular flexibility index (Phi) is 5.93. The van der Waals surface area contributed by atoms with E-state index in [9.17, 15) is 18.0 Å². The van der Waals surface area contributed by atoms with E-state index >= 15 is 0 Å². The van der Waals surface area contributed by atoms with E-state index < -0.39 is 17.6 Å². The van der Waals surface area contributed by atoms with Crippen LogP contribution in [0.3, 0.4) is 0 Å². The molecule has 1 heterocycles. The Morgan fingerprint density at radius 3 is 2.68 bits per heavy atom. The quantitative estimate of drug-likeness (QED) is 0.373. The molecule has 0 aliphatic carbocycles. The van der Waals surface area contributed by atoms with Crippen molar-refractivity contribution in [2.75, 3.05) is 13.2 Å². The molecule has 0 N–H and O–H groups in total. The number of carbonyl (C=O) groups excluding carboxylic acids is 1. The van der Waals surface area contributed by atoms with Crippen molar-refractivity contribution in [3.8, 4) is 0 Å². The van der Waals surface area contributed by atoms with Crippen LogP contribution in [-0.2, 0) is 17.5 Å². The fourth-order valence-corrected chi connectivity index (χ4v) is 4.57. The van der Waals surface area contributed by atoms with Crippen molar-refractivity contribution in [2.45, 2.75) is 19.6 Å². The second-order valence-electron chi connectivity index (χ2n) is 6.86. The number of nitrogens with zero attached hydrogens (tertiary/aromatic N) is 2. The van der Waals surface area contributed by atoms with Gasteiger partial charge in [0.2, 0.25) is 0 Å². The molecular formula is C23H19F3N2O2S. The summed E-state index contributed by atoms with van der Waals surface area (Å²) >= 11 is 1.34. The third kappa shape index (κ3) is 4.40. The van der Waals surface area contributed by atoms with Gasteiger partial charge in [-0.1, -0.05) is 47.7 Å². The van der Waals surface area contributed by atoms with E-state index in [2.05, 4.69) is 4.99 Å². The molecule has 0 saturated carbocycles. The monoisotopic (exact) mass is 444 g/mol. The van der Waals surface area contributed by atoms with Crippen LogP contribution in [0, 0.1) is 0 Å². The first-order valence-electron chi connectivity index (χ1n) is 9.73. The predicted octanol–water partition coefficient (Wildman–Crippen LogP) is 5.65. The number of alkyl halides is 3. The standard InChI is InChI=1S/C23H19F3N2O2S/c1-2-30-13-12-28-19-11-10-15-6-3-4-9-18(15)20(19)31-22(28)27-21(29)16-7-5-8-17(14-16)23(24,25)26/h3-11,14H,2,12-13H2,1H3. The van der Waals surface area contributed by atoms with Crippen molar-refractivity contribution in [3.63, 3.8) is 0 Å². The average Bonchev–Trinajstić information content (AvgIpc) is 3.11. The first-order valence-corrected chi connectivity index (χ1v) is 10.6. The normalized spacial score (nSPS) is 12.7. The molecule has 8 heteroatoms. The summed E-state index contributed by atoms with van der Waals surface area (Å²) < 4.78 is 47.4. The second kappa shape index (κ2) is 8.64. The second-order valence-corrected chi connectivity index (χ2v) is 7.84. The third-order valence-corrected chi connectivity index (χ3v) is 6.00. The minimum atomic E-state index is -4.52. The van der Waals surface area contributed by atoms with Crippen LogP contribution in [0.15, 0.2) is 65.7 Å². The number of aromatic nitrogens is 1. The fraction of sp³-hybridized carbons (Fsp3) is 0.217. The smallest absolute Gasteiger partial charge is 0.380 e. The van der Waals surface area contributed by atoms with Crippen LogP contribution in [0.2, 0.25) is 0 Å². The van der Waals surface area contributed by atoms with Crippen molar-refractivity contribution < 1.29 is 22.7 Å². The number of fused-ring (bicyclic) bond motifs is 3. The molecule has 0 aliphatic rings. The predicted molar refractivity (Wildman–Crippen MR) is 115 cm³/mol. The molecule has 4 aromatic rings. The van der Waals surface area contributed by atoms with Crippen LogP contribution in [0.4, 0.5) is 13.2 Å². The lowest BCUT2D eigenvalue weighted by Gasteiger charge is -2.07. The van der Waals surface area contributed by atoms with E-state index in [-0.39, 0.29) is 5.56 Å². The highest BCUT2D eigenvalue weighted by molar-refractivity contribution is 7.17. The molecule has 3 aromatic carbocycles. The van der Waals surface area contributed by atoms with Crippen LogP contribution in [0.1, 0.15) is 22.8 Å². The molecule has 0 aliphatic heterocycles. The van der Waals surface area contributed by atoms with E-state index in [0.29, 0.717) is 24.6 Å². The van der Waals surface area contributed by atoms with Gasteiger partial charge in [0.05, 0.1) is 22.4 Å².